The van der Waals surface area contributed by atoms with Gasteiger partial charge in [-0.1, -0.05) is 0 Å². The second kappa shape index (κ2) is 5.06. The van der Waals surface area contributed by atoms with Gasteiger partial charge in [0.1, 0.15) is 10.4 Å². The average molecular weight is 354 g/mol. The molecule has 1 aliphatic rings. The first-order chi connectivity index (χ1) is 9.97. The molecule has 2 aromatic heterocycles. The number of nitrogens with two attached hydrogens (primary N) is 1. The van der Waals surface area contributed by atoms with E-state index < -0.39 is 11.8 Å². The fourth-order valence-electron chi connectivity index (χ4n) is 2.72. The van der Waals surface area contributed by atoms with Crippen LogP contribution in [-0.2, 0) is 9.59 Å². The van der Waals surface area contributed by atoms with Gasteiger partial charge in [-0.05, 0) is 28.8 Å². The number of hydrogen-bond donors (Lipinski definition) is 2. The van der Waals surface area contributed by atoms with Crippen LogP contribution < -0.4 is 11.4 Å². The zero-order chi connectivity index (χ0) is 15.1. The Morgan fingerprint density at radius 3 is 2.95 bits per heavy atom. The van der Waals surface area contributed by atoms with Crippen molar-refractivity contribution in [3.63, 3.8) is 0 Å². The topological polar surface area (TPSA) is 124 Å². The summed E-state index contributed by atoms with van der Waals surface area (Å²) in [5, 5.41) is 0. The summed E-state index contributed by atoms with van der Waals surface area (Å²) < 4.78 is 1.95. The predicted molar refractivity (Wildman–Crippen MR) is 76.4 cm³/mol. The minimum atomic E-state index is -0.847. The van der Waals surface area contributed by atoms with E-state index in [2.05, 4.69) is 30.9 Å². The van der Waals surface area contributed by atoms with E-state index in [4.69, 9.17) is 5.73 Å². The summed E-state index contributed by atoms with van der Waals surface area (Å²) in [5.74, 6) is -1.66. The van der Waals surface area contributed by atoms with E-state index in [0.717, 1.165) is 0 Å². The Hall–Kier alpha value is -2.03. The van der Waals surface area contributed by atoms with E-state index >= 15 is 0 Å². The van der Waals surface area contributed by atoms with E-state index in [9.17, 15) is 14.4 Å². The molecule has 3 N–H and O–H groups in total. The van der Waals surface area contributed by atoms with Crippen LogP contribution in [0.1, 0.15) is 25.3 Å². The van der Waals surface area contributed by atoms with Gasteiger partial charge < -0.3 is 5.73 Å². The van der Waals surface area contributed by atoms with Crippen molar-refractivity contribution >= 4 is 38.9 Å². The molecule has 2 heterocycles. The molecule has 0 radical (unpaired) electrons. The minimum absolute atomic E-state index is 0.168. The number of aromatic nitrogens is 4. The number of aromatic amines is 1. The number of amides is 1. The number of Topliss-reactive ketones (excluding diaryl/α,β-unsaturated/α-hetero) is 1. The van der Waals surface area contributed by atoms with Crippen molar-refractivity contribution in [3.8, 4) is 0 Å². The first-order valence-corrected chi connectivity index (χ1v) is 7.21. The Bertz CT molecular complexity index is 796. The van der Waals surface area contributed by atoms with Gasteiger partial charge in [0.15, 0.2) is 11.3 Å². The molecule has 8 nitrogen and oxygen atoms in total. The van der Waals surface area contributed by atoms with E-state index in [1.165, 1.54) is 10.8 Å². The molecule has 0 saturated heterocycles. The maximum absolute atomic E-state index is 12.1. The number of H-pyrrole nitrogens is 1. The van der Waals surface area contributed by atoms with Gasteiger partial charge in [-0.15, -0.1) is 0 Å². The van der Waals surface area contributed by atoms with E-state index in [1.807, 2.05) is 0 Å². The number of primary amides is 1. The van der Waals surface area contributed by atoms with Gasteiger partial charge in [-0.2, -0.15) is 0 Å². The molecular formula is C12H12BrN5O3. The van der Waals surface area contributed by atoms with Crippen molar-refractivity contribution in [1.82, 2.24) is 19.5 Å². The van der Waals surface area contributed by atoms with Crippen LogP contribution in [0.25, 0.3) is 11.3 Å². The number of ketones is 1. The van der Waals surface area contributed by atoms with E-state index in [0.29, 0.717) is 22.3 Å². The smallest absolute Gasteiger partial charge is 0.329 e. The van der Waals surface area contributed by atoms with Crippen molar-refractivity contribution in [2.75, 3.05) is 0 Å². The molecule has 21 heavy (non-hydrogen) atoms. The normalized spacial score (nSPS) is 22.6. The summed E-state index contributed by atoms with van der Waals surface area (Å²) in [6.07, 6.45) is 2.40. The molecule has 1 amide bonds. The maximum Gasteiger partial charge on any atom is 0.329 e. The maximum atomic E-state index is 12.1. The number of hydrogen-bond acceptors (Lipinski definition) is 5. The number of fused-ring (bicyclic) bond motifs is 1. The lowest BCUT2D eigenvalue weighted by Crippen LogP contribution is -2.38. The third-order valence-electron chi connectivity index (χ3n) is 3.73. The Morgan fingerprint density at radius 1 is 1.48 bits per heavy atom. The number of rotatable bonds is 2. The zero-order valence-electron chi connectivity index (χ0n) is 10.9. The number of nitrogens with zero attached hydrogens (tertiary/aromatic N) is 3. The van der Waals surface area contributed by atoms with Crippen molar-refractivity contribution in [2.45, 2.75) is 25.3 Å². The molecule has 0 bridgehead atoms. The van der Waals surface area contributed by atoms with E-state index in [-0.39, 0.29) is 30.4 Å². The highest BCUT2D eigenvalue weighted by atomic mass is 79.9. The van der Waals surface area contributed by atoms with Crippen LogP contribution in [0.4, 0.5) is 0 Å². The lowest BCUT2D eigenvalue weighted by atomic mass is 9.84. The zero-order valence-corrected chi connectivity index (χ0v) is 12.5. The SMILES string of the molecule is NC(=O)C1C[C@H](n2c(=O)[nH]c3ncc(Br)nc32)CCC1=O. The highest BCUT2D eigenvalue weighted by Crippen LogP contribution is 2.31. The van der Waals surface area contributed by atoms with Gasteiger partial charge in [0.05, 0.1) is 12.1 Å². The molecule has 0 aliphatic heterocycles. The summed E-state index contributed by atoms with van der Waals surface area (Å²) in [6.45, 7) is 0. The standard InChI is InChI=1S/C12H12BrN5O3/c13-8-4-15-10-11(16-8)18(12(21)17-10)5-1-2-7(19)6(3-5)9(14)20/h4-6H,1-3H2,(H2,14,20)(H,15,17,21)/t5-,6?/m1/s1. The molecule has 0 spiro atoms. The number of imidazole rings is 1. The van der Waals surface area contributed by atoms with Crippen LogP contribution >= 0.6 is 15.9 Å². The summed E-state index contributed by atoms with van der Waals surface area (Å²) in [6, 6.07) is -0.301. The number of carbonyl (C=O) groups excluding carboxylic acids is 2. The lowest BCUT2D eigenvalue weighted by molar-refractivity contribution is -0.134. The predicted octanol–water partition coefficient (Wildman–Crippen LogP) is 0.278. The number of carbonyl (C=O) groups is 2. The molecule has 9 heteroatoms. The van der Waals surface area contributed by atoms with Crippen LogP contribution in [0, 0.1) is 5.92 Å². The van der Waals surface area contributed by atoms with Crippen molar-refractivity contribution in [3.05, 3.63) is 21.3 Å². The van der Waals surface area contributed by atoms with Gasteiger partial charge in [0, 0.05) is 12.5 Å². The van der Waals surface area contributed by atoms with Crippen LogP contribution in [0.2, 0.25) is 0 Å². The first-order valence-electron chi connectivity index (χ1n) is 6.42. The van der Waals surface area contributed by atoms with E-state index in [1.54, 1.807) is 0 Å². The monoisotopic (exact) mass is 353 g/mol. The van der Waals surface area contributed by atoms with Gasteiger partial charge >= 0.3 is 5.69 Å². The van der Waals surface area contributed by atoms with Gasteiger partial charge in [0.2, 0.25) is 5.91 Å². The quantitative estimate of drug-likeness (QED) is 0.750. The third kappa shape index (κ3) is 2.37. The van der Waals surface area contributed by atoms with Crippen LogP contribution in [0.3, 0.4) is 0 Å². The number of nitrogens with one attached hydrogen (secondary N) is 1. The van der Waals surface area contributed by atoms with Crippen LogP contribution in [-0.4, -0.2) is 31.2 Å². The molecule has 1 aliphatic carbocycles. The minimum Gasteiger partial charge on any atom is -0.369 e. The summed E-state index contributed by atoms with van der Waals surface area (Å²) >= 11 is 3.21. The van der Waals surface area contributed by atoms with Crippen molar-refractivity contribution in [2.24, 2.45) is 11.7 Å². The summed E-state index contributed by atoms with van der Waals surface area (Å²) in [4.78, 5) is 46.1. The first kappa shape index (κ1) is 13.9. The fraction of sp³-hybridized carbons (Fsp3) is 0.417. The number of halogens is 1. The molecule has 2 aromatic rings. The molecule has 3 rings (SSSR count). The molecule has 2 atom stereocenters. The third-order valence-corrected chi connectivity index (χ3v) is 4.11. The van der Waals surface area contributed by atoms with Crippen LogP contribution in [0.5, 0.6) is 0 Å². The molecule has 1 saturated carbocycles. The second-order valence-corrected chi connectivity index (χ2v) is 5.83. The Morgan fingerprint density at radius 2 is 2.24 bits per heavy atom. The highest BCUT2D eigenvalue weighted by Gasteiger charge is 2.34. The molecular weight excluding hydrogens is 342 g/mol. The average Bonchev–Trinajstić information content (AvgIpc) is 2.74. The Balaban J connectivity index is 2.06. The van der Waals surface area contributed by atoms with Gasteiger partial charge in [0.25, 0.3) is 0 Å². The second-order valence-electron chi connectivity index (χ2n) is 5.01. The van der Waals surface area contributed by atoms with Crippen LogP contribution in [0.15, 0.2) is 15.6 Å². The van der Waals surface area contributed by atoms with Crippen molar-refractivity contribution in [1.29, 1.82) is 0 Å². The van der Waals surface area contributed by atoms with Gasteiger partial charge in [-0.3, -0.25) is 19.1 Å². The Labute approximate surface area is 126 Å². The Kier molecular flexibility index (Phi) is 3.36. The lowest BCUT2D eigenvalue weighted by Gasteiger charge is -2.26. The molecule has 1 unspecified atom stereocenters. The molecule has 110 valence electrons. The van der Waals surface area contributed by atoms with Gasteiger partial charge in [-0.25, -0.2) is 14.8 Å². The molecule has 1 fully saturated rings. The summed E-state index contributed by atoms with van der Waals surface area (Å²) in [5.41, 5.74) is 5.67. The largest absolute Gasteiger partial charge is 0.369 e. The summed E-state index contributed by atoms with van der Waals surface area (Å²) in [7, 11) is 0. The molecule has 0 aromatic carbocycles. The fourth-order valence-corrected chi connectivity index (χ4v) is 3.00. The highest BCUT2D eigenvalue weighted by molar-refractivity contribution is 9.10. The van der Waals surface area contributed by atoms with Crippen molar-refractivity contribution < 1.29 is 9.59 Å².